The summed E-state index contributed by atoms with van der Waals surface area (Å²) in [4.78, 5) is 11.7. The Hall–Kier alpha value is -1.71. The summed E-state index contributed by atoms with van der Waals surface area (Å²) in [6, 6.07) is 12.2. The Bertz CT molecular complexity index is 612. The fourth-order valence-corrected chi connectivity index (χ4v) is 1.97. The standard InChI is InChI=1S/C15H13Cl2NO2/c16-13-6-3-11(7-14(13)17)9-20-15(19)8-10-1-4-12(18)5-2-10/h1-7H,8-9,18H2. The van der Waals surface area contributed by atoms with E-state index in [-0.39, 0.29) is 19.0 Å². The Morgan fingerprint density at radius 3 is 2.30 bits per heavy atom. The third-order valence-corrected chi connectivity index (χ3v) is 3.45. The molecule has 0 bridgehead atoms. The molecule has 0 amide bonds. The first-order valence-corrected chi connectivity index (χ1v) is 6.74. The number of benzene rings is 2. The molecule has 0 atom stereocenters. The maximum Gasteiger partial charge on any atom is 0.310 e. The summed E-state index contributed by atoms with van der Waals surface area (Å²) < 4.78 is 5.19. The maximum absolute atomic E-state index is 11.7. The van der Waals surface area contributed by atoms with E-state index in [1.807, 2.05) is 0 Å². The molecule has 0 aliphatic carbocycles. The summed E-state index contributed by atoms with van der Waals surface area (Å²) >= 11 is 11.7. The van der Waals surface area contributed by atoms with E-state index in [1.54, 1.807) is 42.5 Å². The molecule has 0 saturated carbocycles. The number of ether oxygens (including phenoxy) is 1. The molecule has 0 fully saturated rings. The van der Waals surface area contributed by atoms with Gasteiger partial charge in [0.05, 0.1) is 16.5 Å². The van der Waals surface area contributed by atoms with Gasteiger partial charge in [-0.1, -0.05) is 41.4 Å². The van der Waals surface area contributed by atoms with Gasteiger partial charge in [-0.15, -0.1) is 0 Å². The number of carbonyl (C=O) groups is 1. The van der Waals surface area contributed by atoms with E-state index in [1.165, 1.54) is 0 Å². The minimum atomic E-state index is -0.305. The molecule has 2 rings (SSSR count). The average molecular weight is 310 g/mol. The summed E-state index contributed by atoms with van der Waals surface area (Å²) in [5, 5.41) is 0.919. The Morgan fingerprint density at radius 2 is 1.65 bits per heavy atom. The minimum Gasteiger partial charge on any atom is -0.461 e. The molecule has 104 valence electrons. The summed E-state index contributed by atoms with van der Waals surface area (Å²) in [5.74, 6) is -0.305. The van der Waals surface area contributed by atoms with Gasteiger partial charge in [-0.25, -0.2) is 0 Å². The van der Waals surface area contributed by atoms with Gasteiger partial charge >= 0.3 is 5.97 Å². The molecule has 0 saturated heterocycles. The van der Waals surface area contributed by atoms with Crippen LogP contribution in [0.15, 0.2) is 42.5 Å². The van der Waals surface area contributed by atoms with Crippen LogP contribution >= 0.6 is 23.2 Å². The van der Waals surface area contributed by atoms with Gasteiger partial charge in [-0.05, 0) is 35.4 Å². The van der Waals surface area contributed by atoms with Gasteiger partial charge in [-0.2, -0.15) is 0 Å². The SMILES string of the molecule is Nc1ccc(CC(=O)OCc2ccc(Cl)c(Cl)c2)cc1. The van der Waals surface area contributed by atoms with E-state index in [2.05, 4.69) is 0 Å². The fourth-order valence-electron chi connectivity index (χ4n) is 1.65. The van der Waals surface area contributed by atoms with Crippen molar-refractivity contribution in [2.24, 2.45) is 0 Å². The molecule has 2 aromatic carbocycles. The number of nitrogens with two attached hydrogens (primary N) is 1. The van der Waals surface area contributed by atoms with Crippen LogP contribution in [-0.2, 0) is 22.6 Å². The number of nitrogen functional groups attached to an aromatic ring is 1. The summed E-state index contributed by atoms with van der Waals surface area (Å²) in [6.45, 7) is 0.171. The third kappa shape index (κ3) is 4.15. The lowest BCUT2D eigenvalue weighted by Gasteiger charge is -2.06. The smallest absolute Gasteiger partial charge is 0.310 e. The maximum atomic E-state index is 11.7. The second-order valence-electron chi connectivity index (χ2n) is 4.33. The zero-order valence-corrected chi connectivity index (χ0v) is 12.1. The van der Waals surface area contributed by atoms with Crippen LogP contribution in [-0.4, -0.2) is 5.97 Å². The van der Waals surface area contributed by atoms with Crippen molar-refractivity contribution in [1.29, 1.82) is 0 Å². The topological polar surface area (TPSA) is 52.3 Å². The molecule has 5 heteroatoms. The second kappa shape index (κ2) is 6.64. The molecule has 0 aliphatic rings. The summed E-state index contributed by atoms with van der Waals surface area (Å²) in [7, 11) is 0. The zero-order chi connectivity index (χ0) is 14.5. The molecule has 0 aliphatic heterocycles. The van der Waals surface area contributed by atoms with Crippen molar-refractivity contribution >= 4 is 34.9 Å². The predicted octanol–water partition coefficient (Wildman–Crippen LogP) is 3.86. The van der Waals surface area contributed by atoms with Crippen molar-refractivity contribution in [2.45, 2.75) is 13.0 Å². The van der Waals surface area contributed by atoms with Crippen molar-refractivity contribution < 1.29 is 9.53 Å². The molecule has 2 aromatic rings. The first-order chi connectivity index (χ1) is 9.54. The van der Waals surface area contributed by atoms with Crippen LogP contribution in [0.3, 0.4) is 0 Å². The highest BCUT2D eigenvalue weighted by molar-refractivity contribution is 6.42. The molecule has 0 heterocycles. The van der Waals surface area contributed by atoms with Gasteiger partial charge in [0.15, 0.2) is 0 Å². The molecule has 0 unspecified atom stereocenters. The number of esters is 1. The number of halogens is 2. The molecule has 0 aromatic heterocycles. The molecular formula is C15H13Cl2NO2. The Balaban J connectivity index is 1.88. The highest BCUT2D eigenvalue weighted by atomic mass is 35.5. The predicted molar refractivity (Wildman–Crippen MR) is 80.8 cm³/mol. The summed E-state index contributed by atoms with van der Waals surface area (Å²) in [5.41, 5.74) is 7.90. The molecule has 0 spiro atoms. The number of rotatable bonds is 4. The van der Waals surface area contributed by atoms with Crippen LogP contribution in [0.25, 0.3) is 0 Å². The van der Waals surface area contributed by atoms with Crippen LogP contribution in [0.2, 0.25) is 10.0 Å². The number of anilines is 1. The van der Waals surface area contributed by atoms with E-state index < -0.39 is 0 Å². The largest absolute Gasteiger partial charge is 0.461 e. The highest BCUT2D eigenvalue weighted by Gasteiger charge is 2.06. The second-order valence-corrected chi connectivity index (χ2v) is 5.14. The van der Waals surface area contributed by atoms with Gasteiger partial charge in [0.1, 0.15) is 6.61 Å². The number of hydrogen-bond acceptors (Lipinski definition) is 3. The first kappa shape index (κ1) is 14.7. The normalized spacial score (nSPS) is 10.3. The lowest BCUT2D eigenvalue weighted by atomic mass is 10.1. The third-order valence-electron chi connectivity index (χ3n) is 2.71. The summed E-state index contributed by atoms with van der Waals surface area (Å²) in [6.07, 6.45) is 0.210. The van der Waals surface area contributed by atoms with Gasteiger partial charge in [0.2, 0.25) is 0 Å². The highest BCUT2D eigenvalue weighted by Crippen LogP contribution is 2.22. The van der Waals surface area contributed by atoms with Crippen molar-refractivity contribution in [1.82, 2.24) is 0 Å². The van der Waals surface area contributed by atoms with Crippen molar-refractivity contribution in [3.05, 3.63) is 63.6 Å². The lowest BCUT2D eigenvalue weighted by Crippen LogP contribution is -2.08. The number of carbonyl (C=O) groups excluding carboxylic acids is 1. The Kier molecular flexibility index (Phi) is 4.88. The fraction of sp³-hybridized carbons (Fsp3) is 0.133. The molecule has 0 radical (unpaired) electrons. The molecule has 3 nitrogen and oxygen atoms in total. The first-order valence-electron chi connectivity index (χ1n) is 5.98. The van der Waals surface area contributed by atoms with Crippen LogP contribution in [0.1, 0.15) is 11.1 Å². The molecular weight excluding hydrogens is 297 g/mol. The van der Waals surface area contributed by atoms with Gasteiger partial charge < -0.3 is 10.5 Å². The van der Waals surface area contributed by atoms with E-state index in [4.69, 9.17) is 33.7 Å². The zero-order valence-electron chi connectivity index (χ0n) is 10.6. The van der Waals surface area contributed by atoms with E-state index in [0.29, 0.717) is 15.7 Å². The van der Waals surface area contributed by atoms with Crippen LogP contribution < -0.4 is 5.73 Å². The Morgan fingerprint density at radius 1 is 1.00 bits per heavy atom. The van der Waals surface area contributed by atoms with Crippen LogP contribution in [0.5, 0.6) is 0 Å². The quantitative estimate of drug-likeness (QED) is 0.689. The van der Waals surface area contributed by atoms with Crippen molar-refractivity contribution in [3.63, 3.8) is 0 Å². The monoisotopic (exact) mass is 309 g/mol. The number of hydrogen-bond donors (Lipinski definition) is 1. The Labute approximate surface area is 127 Å². The van der Waals surface area contributed by atoms with E-state index in [0.717, 1.165) is 11.1 Å². The van der Waals surface area contributed by atoms with Gasteiger partial charge in [-0.3, -0.25) is 4.79 Å². The van der Waals surface area contributed by atoms with Gasteiger partial charge in [0.25, 0.3) is 0 Å². The minimum absolute atomic E-state index is 0.171. The van der Waals surface area contributed by atoms with Crippen LogP contribution in [0.4, 0.5) is 5.69 Å². The van der Waals surface area contributed by atoms with Crippen molar-refractivity contribution in [3.8, 4) is 0 Å². The molecule has 2 N–H and O–H groups in total. The molecule has 20 heavy (non-hydrogen) atoms. The van der Waals surface area contributed by atoms with Crippen molar-refractivity contribution in [2.75, 3.05) is 5.73 Å². The van der Waals surface area contributed by atoms with Gasteiger partial charge in [0, 0.05) is 5.69 Å². The average Bonchev–Trinajstić information content (AvgIpc) is 2.43. The van der Waals surface area contributed by atoms with E-state index >= 15 is 0 Å². The van der Waals surface area contributed by atoms with Crippen LogP contribution in [0, 0.1) is 0 Å². The lowest BCUT2D eigenvalue weighted by molar-refractivity contribution is -0.144. The van der Waals surface area contributed by atoms with E-state index in [9.17, 15) is 4.79 Å².